The van der Waals surface area contributed by atoms with E-state index in [0.29, 0.717) is 25.7 Å². The first-order valence-corrected chi connectivity index (χ1v) is 5.33. The van der Waals surface area contributed by atoms with Gasteiger partial charge in [-0.25, -0.2) is 4.79 Å². The van der Waals surface area contributed by atoms with E-state index in [0.717, 1.165) is 19.6 Å². The maximum atomic E-state index is 10.2. The molecule has 0 unspecified atom stereocenters. The molecular weight excluding hydrogens is 196 g/mol. The van der Waals surface area contributed by atoms with Crippen LogP contribution in [-0.4, -0.2) is 39.0 Å². The summed E-state index contributed by atoms with van der Waals surface area (Å²) < 4.78 is 9.91. The Hall–Kier alpha value is -0.810. The molecule has 0 aliphatic carbocycles. The smallest absolute Gasteiger partial charge is 0.404 e. The van der Waals surface area contributed by atoms with Crippen molar-refractivity contribution in [2.24, 2.45) is 11.7 Å². The lowest BCUT2D eigenvalue weighted by Gasteiger charge is -2.07. The average molecular weight is 218 g/mol. The van der Waals surface area contributed by atoms with Gasteiger partial charge in [0.15, 0.2) is 0 Å². The van der Waals surface area contributed by atoms with Crippen LogP contribution in [0.3, 0.4) is 0 Å². The van der Waals surface area contributed by atoms with Crippen molar-refractivity contribution in [1.82, 2.24) is 5.32 Å². The van der Waals surface area contributed by atoms with E-state index in [1.54, 1.807) is 0 Å². The van der Waals surface area contributed by atoms with E-state index in [1.807, 2.05) is 0 Å². The Balaban J connectivity index is 2.96. The second-order valence-corrected chi connectivity index (χ2v) is 3.71. The van der Waals surface area contributed by atoms with Crippen molar-refractivity contribution in [3.8, 4) is 0 Å². The number of primary amides is 1. The normalized spacial score (nSPS) is 10.6. The summed E-state index contributed by atoms with van der Waals surface area (Å²) in [6.07, 6.45) is 0.357. The maximum Gasteiger partial charge on any atom is 0.404 e. The summed E-state index contributed by atoms with van der Waals surface area (Å²) in [5.74, 6) is 0.682. The first-order valence-electron chi connectivity index (χ1n) is 5.33. The third kappa shape index (κ3) is 13.2. The number of hydrogen-bond acceptors (Lipinski definition) is 4. The summed E-state index contributed by atoms with van der Waals surface area (Å²) >= 11 is 0. The van der Waals surface area contributed by atoms with E-state index in [2.05, 4.69) is 23.9 Å². The van der Waals surface area contributed by atoms with Gasteiger partial charge in [-0.15, -0.1) is 0 Å². The predicted octanol–water partition coefficient (Wildman–Crippen LogP) is 0.734. The van der Waals surface area contributed by atoms with Gasteiger partial charge in [0.2, 0.25) is 0 Å². The van der Waals surface area contributed by atoms with Crippen LogP contribution in [-0.2, 0) is 9.47 Å². The third-order valence-corrected chi connectivity index (χ3v) is 1.79. The first-order chi connectivity index (χ1) is 7.13. The molecule has 0 fully saturated rings. The molecule has 0 atom stereocenters. The van der Waals surface area contributed by atoms with Crippen LogP contribution in [0.2, 0.25) is 0 Å². The Morgan fingerprint density at radius 2 is 1.93 bits per heavy atom. The third-order valence-electron chi connectivity index (χ3n) is 1.79. The minimum atomic E-state index is -0.731. The van der Waals surface area contributed by atoms with E-state index >= 15 is 0 Å². The summed E-state index contributed by atoms with van der Waals surface area (Å²) in [4.78, 5) is 10.2. The molecule has 3 N–H and O–H groups in total. The van der Waals surface area contributed by atoms with E-state index in [4.69, 9.17) is 10.5 Å². The number of hydrogen-bond donors (Lipinski definition) is 2. The van der Waals surface area contributed by atoms with E-state index in [-0.39, 0.29) is 0 Å². The number of amides is 1. The topological polar surface area (TPSA) is 73.6 Å². The van der Waals surface area contributed by atoms with E-state index < -0.39 is 6.09 Å². The number of ether oxygens (including phenoxy) is 2. The van der Waals surface area contributed by atoms with Crippen LogP contribution in [0.25, 0.3) is 0 Å². The Bertz CT molecular complexity index is 163. The highest BCUT2D eigenvalue weighted by atomic mass is 16.5. The van der Waals surface area contributed by atoms with Crippen LogP contribution >= 0.6 is 0 Å². The molecule has 0 rings (SSSR count). The van der Waals surface area contributed by atoms with Gasteiger partial charge in [0.05, 0.1) is 6.61 Å². The molecule has 0 spiro atoms. The highest BCUT2D eigenvalue weighted by molar-refractivity contribution is 5.64. The second-order valence-electron chi connectivity index (χ2n) is 3.71. The zero-order chi connectivity index (χ0) is 11.5. The van der Waals surface area contributed by atoms with Crippen molar-refractivity contribution in [3.63, 3.8) is 0 Å². The Morgan fingerprint density at radius 3 is 2.53 bits per heavy atom. The zero-order valence-electron chi connectivity index (χ0n) is 9.62. The number of carbonyl (C=O) groups is 1. The molecule has 0 aromatic rings. The summed E-state index contributed by atoms with van der Waals surface area (Å²) in [5, 5.41) is 3.07. The summed E-state index contributed by atoms with van der Waals surface area (Å²) in [5.41, 5.74) is 4.79. The molecule has 5 nitrogen and oxygen atoms in total. The standard InChI is InChI=1S/C10H22N2O3/c1-9(2)3-6-14-7-4-12-5-8-15-10(11)13/h9,12H,3-8H2,1-2H3,(H2,11,13). The van der Waals surface area contributed by atoms with Gasteiger partial charge in [-0.2, -0.15) is 0 Å². The molecule has 0 aromatic carbocycles. The Morgan fingerprint density at radius 1 is 1.27 bits per heavy atom. The van der Waals surface area contributed by atoms with Crippen molar-refractivity contribution < 1.29 is 14.3 Å². The van der Waals surface area contributed by atoms with Crippen molar-refractivity contribution >= 4 is 6.09 Å². The van der Waals surface area contributed by atoms with Gasteiger partial charge in [-0.3, -0.25) is 0 Å². The zero-order valence-corrected chi connectivity index (χ0v) is 9.62. The minimum absolute atomic E-state index is 0.307. The molecule has 0 saturated carbocycles. The quantitative estimate of drug-likeness (QED) is 0.560. The molecule has 5 heteroatoms. The maximum absolute atomic E-state index is 10.2. The van der Waals surface area contributed by atoms with Gasteiger partial charge < -0.3 is 20.5 Å². The summed E-state index contributed by atoms with van der Waals surface area (Å²) in [7, 11) is 0. The number of nitrogens with two attached hydrogens (primary N) is 1. The van der Waals surface area contributed by atoms with Gasteiger partial charge in [0.25, 0.3) is 0 Å². The van der Waals surface area contributed by atoms with Crippen molar-refractivity contribution in [2.45, 2.75) is 20.3 Å². The molecule has 90 valence electrons. The molecule has 0 heterocycles. The van der Waals surface area contributed by atoms with Gasteiger partial charge in [-0.1, -0.05) is 13.8 Å². The fourth-order valence-electron chi connectivity index (χ4n) is 0.914. The lowest BCUT2D eigenvalue weighted by Crippen LogP contribution is -2.26. The van der Waals surface area contributed by atoms with Crippen molar-refractivity contribution in [3.05, 3.63) is 0 Å². The fourth-order valence-corrected chi connectivity index (χ4v) is 0.914. The molecular formula is C10H22N2O3. The van der Waals surface area contributed by atoms with Gasteiger partial charge in [0.1, 0.15) is 6.61 Å². The minimum Gasteiger partial charge on any atom is -0.448 e. The van der Waals surface area contributed by atoms with Crippen molar-refractivity contribution in [2.75, 3.05) is 32.9 Å². The van der Waals surface area contributed by atoms with Crippen LogP contribution in [0.5, 0.6) is 0 Å². The van der Waals surface area contributed by atoms with Crippen molar-refractivity contribution in [1.29, 1.82) is 0 Å². The molecule has 1 amide bonds. The Labute approximate surface area is 91.3 Å². The second kappa shape index (κ2) is 9.73. The molecule has 0 aliphatic rings. The molecule has 0 radical (unpaired) electrons. The van der Waals surface area contributed by atoms with Crippen LogP contribution in [0.15, 0.2) is 0 Å². The largest absolute Gasteiger partial charge is 0.448 e. The van der Waals surface area contributed by atoms with Crippen LogP contribution in [0.4, 0.5) is 4.79 Å². The van der Waals surface area contributed by atoms with Crippen LogP contribution < -0.4 is 11.1 Å². The highest BCUT2D eigenvalue weighted by Crippen LogP contribution is 1.97. The van der Waals surface area contributed by atoms with Gasteiger partial charge >= 0.3 is 6.09 Å². The number of nitrogens with one attached hydrogen (secondary N) is 1. The molecule has 0 aromatic heterocycles. The monoisotopic (exact) mass is 218 g/mol. The molecule has 0 aliphatic heterocycles. The average Bonchev–Trinajstić information content (AvgIpc) is 2.14. The van der Waals surface area contributed by atoms with Gasteiger partial charge in [0, 0.05) is 19.7 Å². The SMILES string of the molecule is CC(C)CCOCCNCCOC(N)=O. The molecule has 0 saturated heterocycles. The first kappa shape index (κ1) is 14.2. The summed E-state index contributed by atoms with van der Waals surface area (Å²) in [6, 6.07) is 0. The number of carbonyl (C=O) groups excluding carboxylic acids is 1. The fraction of sp³-hybridized carbons (Fsp3) is 0.900. The van der Waals surface area contributed by atoms with Gasteiger partial charge in [-0.05, 0) is 12.3 Å². The summed E-state index contributed by atoms with van der Waals surface area (Å²) in [6.45, 7) is 7.50. The predicted molar refractivity (Wildman–Crippen MR) is 58.7 cm³/mol. The highest BCUT2D eigenvalue weighted by Gasteiger charge is 1.94. The molecule has 0 bridgehead atoms. The molecule has 15 heavy (non-hydrogen) atoms. The van der Waals surface area contributed by atoms with Crippen LogP contribution in [0, 0.1) is 5.92 Å². The lowest BCUT2D eigenvalue weighted by molar-refractivity contribution is 0.122. The van der Waals surface area contributed by atoms with Crippen LogP contribution in [0.1, 0.15) is 20.3 Å². The number of rotatable bonds is 9. The lowest BCUT2D eigenvalue weighted by atomic mass is 10.1. The van der Waals surface area contributed by atoms with E-state index in [9.17, 15) is 4.79 Å². The Kier molecular flexibility index (Phi) is 9.21. The van der Waals surface area contributed by atoms with E-state index in [1.165, 1.54) is 0 Å².